The van der Waals surface area contributed by atoms with Crippen LogP contribution in [-0.2, 0) is 0 Å². The third-order valence-corrected chi connectivity index (χ3v) is 4.18. The number of nitrogens with zero attached hydrogens (tertiary/aromatic N) is 1. The molecule has 0 bridgehead atoms. The minimum absolute atomic E-state index is 0.0115. The monoisotopic (exact) mass is 345 g/mol. The molecule has 126 valence electrons. The predicted octanol–water partition coefficient (Wildman–Crippen LogP) is 4.32. The molecule has 0 N–H and O–H groups in total. The van der Waals surface area contributed by atoms with E-state index in [9.17, 15) is 19.7 Å². The standard InChI is InChI=1S/C20H11NO5/c22-19-15-3-1-2-4-16(15)20(23)17(19)11-14-9-10-18(26-14)12-5-7-13(8-6-12)21(24)25/h1-11H. The first-order valence-corrected chi connectivity index (χ1v) is 7.79. The lowest BCUT2D eigenvalue weighted by atomic mass is 10.1. The van der Waals surface area contributed by atoms with Gasteiger partial charge in [-0.15, -0.1) is 0 Å². The number of carbonyl (C=O) groups excluding carboxylic acids is 2. The van der Waals surface area contributed by atoms with E-state index in [2.05, 4.69) is 0 Å². The number of furan rings is 1. The van der Waals surface area contributed by atoms with Crippen LogP contribution in [0.2, 0.25) is 0 Å². The van der Waals surface area contributed by atoms with Gasteiger partial charge in [-0.1, -0.05) is 24.3 Å². The number of fused-ring (bicyclic) bond motifs is 1. The molecule has 0 saturated heterocycles. The molecule has 0 aliphatic heterocycles. The lowest BCUT2D eigenvalue weighted by Crippen LogP contribution is -1.99. The summed E-state index contributed by atoms with van der Waals surface area (Å²) in [6.07, 6.45) is 1.43. The molecule has 0 spiro atoms. The van der Waals surface area contributed by atoms with Crippen molar-refractivity contribution in [2.75, 3.05) is 0 Å². The first-order valence-electron chi connectivity index (χ1n) is 7.79. The number of ketones is 2. The first-order chi connectivity index (χ1) is 12.5. The van der Waals surface area contributed by atoms with Crippen LogP contribution in [0.15, 0.2) is 70.7 Å². The van der Waals surface area contributed by atoms with Crippen molar-refractivity contribution >= 4 is 23.3 Å². The van der Waals surface area contributed by atoms with Gasteiger partial charge in [0.15, 0.2) is 11.6 Å². The zero-order valence-corrected chi connectivity index (χ0v) is 13.3. The number of hydrogen-bond acceptors (Lipinski definition) is 5. The van der Waals surface area contributed by atoms with E-state index < -0.39 is 4.92 Å². The van der Waals surface area contributed by atoms with E-state index in [1.165, 1.54) is 18.2 Å². The average Bonchev–Trinajstić information content (AvgIpc) is 3.22. The molecule has 0 unspecified atom stereocenters. The summed E-state index contributed by atoms with van der Waals surface area (Å²) in [6, 6.07) is 15.9. The van der Waals surface area contributed by atoms with Crippen LogP contribution in [0.1, 0.15) is 26.5 Å². The zero-order valence-electron chi connectivity index (χ0n) is 13.3. The largest absolute Gasteiger partial charge is 0.457 e. The van der Waals surface area contributed by atoms with Gasteiger partial charge in [0.25, 0.3) is 5.69 Å². The van der Waals surface area contributed by atoms with Crippen molar-refractivity contribution in [2.24, 2.45) is 0 Å². The van der Waals surface area contributed by atoms with Gasteiger partial charge in [-0.2, -0.15) is 0 Å². The van der Waals surface area contributed by atoms with Gasteiger partial charge in [-0.3, -0.25) is 19.7 Å². The topological polar surface area (TPSA) is 90.4 Å². The summed E-state index contributed by atoms with van der Waals surface area (Å²) >= 11 is 0. The normalized spacial score (nSPS) is 13.0. The van der Waals surface area contributed by atoms with E-state index >= 15 is 0 Å². The Morgan fingerprint density at radius 1 is 0.846 bits per heavy atom. The highest BCUT2D eigenvalue weighted by Gasteiger charge is 2.32. The summed E-state index contributed by atoms with van der Waals surface area (Å²) in [4.78, 5) is 35.0. The number of hydrogen-bond donors (Lipinski definition) is 0. The highest BCUT2D eigenvalue weighted by Crippen LogP contribution is 2.30. The molecular weight excluding hydrogens is 334 g/mol. The van der Waals surface area contributed by atoms with Gasteiger partial charge in [0.2, 0.25) is 0 Å². The molecule has 1 heterocycles. The number of rotatable bonds is 3. The molecule has 1 aliphatic carbocycles. The summed E-state index contributed by atoms with van der Waals surface area (Å²) in [5.74, 6) is 0.211. The zero-order chi connectivity index (χ0) is 18.3. The molecule has 2 aromatic carbocycles. The third kappa shape index (κ3) is 2.53. The number of benzene rings is 2. The quantitative estimate of drug-likeness (QED) is 0.305. The van der Waals surface area contributed by atoms with Crippen molar-refractivity contribution in [3.8, 4) is 11.3 Å². The molecular formula is C20H11NO5. The van der Waals surface area contributed by atoms with Crippen LogP contribution < -0.4 is 0 Å². The Balaban J connectivity index is 1.65. The minimum Gasteiger partial charge on any atom is -0.457 e. The molecule has 6 heteroatoms. The third-order valence-electron chi connectivity index (χ3n) is 4.18. The van der Waals surface area contributed by atoms with Crippen LogP contribution in [0, 0.1) is 10.1 Å². The Labute approximate surface area is 147 Å². The van der Waals surface area contributed by atoms with Gasteiger partial charge < -0.3 is 4.42 Å². The number of non-ortho nitro benzene ring substituents is 1. The molecule has 0 saturated carbocycles. The van der Waals surface area contributed by atoms with E-state index in [-0.39, 0.29) is 22.8 Å². The second kappa shape index (κ2) is 5.93. The number of Topliss-reactive ketones (excluding diaryl/α,β-unsaturated/α-hetero) is 2. The Bertz CT molecular complexity index is 1050. The summed E-state index contributed by atoms with van der Waals surface area (Å²) in [6.45, 7) is 0. The van der Waals surface area contributed by atoms with Crippen molar-refractivity contribution in [3.63, 3.8) is 0 Å². The Morgan fingerprint density at radius 2 is 1.46 bits per heavy atom. The maximum atomic E-state index is 12.4. The van der Waals surface area contributed by atoms with Crippen molar-refractivity contribution < 1.29 is 18.9 Å². The fraction of sp³-hybridized carbons (Fsp3) is 0. The number of nitro groups is 1. The minimum atomic E-state index is -0.475. The predicted molar refractivity (Wildman–Crippen MR) is 93.9 cm³/mol. The van der Waals surface area contributed by atoms with E-state index in [1.54, 1.807) is 48.5 Å². The smallest absolute Gasteiger partial charge is 0.269 e. The second-order valence-electron chi connectivity index (χ2n) is 5.77. The molecule has 0 fully saturated rings. The van der Waals surface area contributed by atoms with Crippen LogP contribution in [0.25, 0.3) is 17.4 Å². The van der Waals surface area contributed by atoms with E-state index in [0.717, 1.165) is 0 Å². The first kappa shape index (κ1) is 15.7. The number of carbonyl (C=O) groups is 2. The van der Waals surface area contributed by atoms with Crippen molar-refractivity contribution in [2.45, 2.75) is 0 Å². The van der Waals surface area contributed by atoms with Gasteiger partial charge >= 0.3 is 0 Å². The molecule has 6 nitrogen and oxygen atoms in total. The van der Waals surface area contributed by atoms with Gasteiger partial charge in [-0.05, 0) is 30.3 Å². The van der Waals surface area contributed by atoms with Gasteiger partial charge in [0.1, 0.15) is 11.5 Å². The Morgan fingerprint density at radius 3 is 2.04 bits per heavy atom. The van der Waals surface area contributed by atoms with Crippen LogP contribution in [0.5, 0.6) is 0 Å². The van der Waals surface area contributed by atoms with Crippen molar-refractivity contribution in [1.82, 2.24) is 0 Å². The maximum absolute atomic E-state index is 12.4. The molecule has 1 aromatic heterocycles. The molecule has 0 radical (unpaired) electrons. The molecule has 26 heavy (non-hydrogen) atoms. The molecule has 0 atom stereocenters. The molecule has 3 aromatic rings. The lowest BCUT2D eigenvalue weighted by Gasteiger charge is -1.97. The maximum Gasteiger partial charge on any atom is 0.269 e. The highest BCUT2D eigenvalue weighted by molar-refractivity contribution is 6.41. The molecule has 4 rings (SSSR count). The van der Waals surface area contributed by atoms with Crippen LogP contribution in [0.3, 0.4) is 0 Å². The Kier molecular flexibility index (Phi) is 3.58. The highest BCUT2D eigenvalue weighted by atomic mass is 16.6. The lowest BCUT2D eigenvalue weighted by molar-refractivity contribution is -0.384. The van der Waals surface area contributed by atoms with Gasteiger partial charge in [0.05, 0.1) is 10.5 Å². The summed E-state index contributed by atoms with van der Waals surface area (Å²) < 4.78 is 5.68. The van der Waals surface area contributed by atoms with Gasteiger partial charge in [-0.25, -0.2) is 0 Å². The van der Waals surface area contributed by atoms with Crippen LogP contribution in [0.4, 0.5) is 5.69 Å². The average molecular weight is 345 g/mol. The van der Waals surface area contributed by atoms with Crippen molar-refractivity contribution in [3.05, 3.63) is 93.2 Å². The van der Waals surface area contributed by atoms with Gasteiger partial charge in [0, 0.05) is 28.8 Å². The number of nitro benzene ring substituents is 1. The Hall–Kier alpha value is -3.80. The summed E-state index contributed by atoms with van der Waals surface area (Å²) in [5.41, 5.74) is 1.50. The van der Waals surface area contributed by atoms with Crippen LogP contribution >= 0.6 is 0 Å². The summed E-state index contributed by atoms with van der Waals surface area (Å²) in [5, 5.41) is 10.7. The van der Waals surface area contributed by atoms with Crippen molar-refractivity contribution in [1.29, 1.82) is 0 Å². The molecule has 0 amide bonds. The number of allylic oxidation sites excluding steroid dienone is 1. The fourth-order valence-electron chi connectivity index (χ4n) is 2.88. The van der Waals surface area contributed by atoms with E-state index in [4.69, 9.17) is 4.42 Å². The molecule has 1 aliphatic rings. The fourth-order valence-corrected chi connectivity index (χ4v) is 2.88. The summed E-state index contributed by atoms with van der Waals surface area (Å²) in [7, 11) is 0. The second-order valence-corrected chi connectivity index (χ2v) is 5.77. The van der Waals surface area contributed by atoms with E-state index in [0.29, 0.717) is 28.2 Å². The SMILES string of the molecule is O=C1C(=Cc2ccc(-c3ccc([N+](=O)[O-])cc3)o2)C(=O)c2ccccc21. The van der Waals surface area contributed by atoms with E-state index in [1.807, 2.05) is 0 Å². The van der Waals surface area contributed by atoms with Crippen LogP contribution in [-0.4, -0.2) is 16.5 Å².